The van der Waals surface area contributed by atoms with Crippen LogP contribution in [0, 0.1) is 70.0 Å². The molecule has 0 radical (unpaired) electrons. The molecule has 103 heavy (non-hydrogen) atoms. The highest BCUT2D eigenvalue weighted by Crippen LogP contribution is 2.49. The lowest BCUT2D eigenvalue weighted by molar-refractivity contribution is -0.327. The average Bonchev–Trinajstić information content (AvgIpc) is 0.794. The number of unbranched alkanes of at least 4 members (excludes halogenated alkanes) is 4. The molecule has 0 spiro atoms. The summed E-state index contributed by atoms with van der Waals surface area (Å²) in [6, 6.07) is 0. The first-order valence-electron chi connectivity index (χ1n) is 33.9. The number of hydrogen-bond donors (Lipinski definition) is 0. The molecule has 0 aromatic carbocycles. The molecule has 0 rings (SSSR count). The van der Waals surface area contributed by atoms with Gasteiger partial charge in [0.05, 0.1) is 23.2 Å². The summed E-state index contributed by atoms with van der Waals surface area (Å²) in [4.78, 5) is 0. The molecule has 0 saturated carbocycles. The van der Waals surface area contributed by atoms with E-state index in [0.717, 1.165) is 79.6 Å². The Labute approximate surface area is 594 Å². The third kappa shape index (κ3) is 106. The molecule has 0 bridgehead atoms. The average molecular weight is 1620 g/mol. The zero-order valence-electron chi connectivity index (χ0n) is 66.8. The highest BCUT2D eigenvalue weighted by molar-refractivity contribution is 4.84. The Bertz CT molecular complexity index is 1770. The molecule has 1 unspecified atom stereocenters. The van der Waals surface area contributed by atoms with Crippen LogP contribution in [0.3, 0.4) is 0 Å². The smallest absolute Gasteiger partial charge is 0.171 e. The van der Waals surface area contributed by atoms with Crippen molar-refractivity contribution < 1.29 is 161 Å². The van der Waals surface area contributed by atoms with Crippen molar-refractivity contribution in [1.29, 1.82) is 0 Å². The fourth-order valence-electron chi connectivity index (χ4n) is 3.26. The Kier molecular flexibility index (Phi) is 72.7. The quantitative estimate of drug-likeness (QED) is 0.120. The van der Waals surface area contributed by atoms with Gasteiger partial charge >= 0.3 is 74.1 Å². The van der Waals surface area contributed by atoms with Crippen molar-refractivity contribution in [2.75, 3.05) is 0 Å². The standard InChI is InChI=1S/2C6H8F6.2C6H11F3.C6H14.C5H6F6.2C5H9F3.2C5H12.2C4H7F3.C4H10/c1-4(6(10,11)12)2-3-5(7,8)9;1-2-3-4(5(7,8)9)6(10,11)12;1-3-4-5(2)6(7,8)9;1-2-3-4-5-6(7,8)9;1-5(2)6(3)4;1-3(2,4(6,7)8)5(9,10)11;1-4(2,3)5(6,7)8;1-3-4(2)5(6,7)8;1-4-5(2)3;1-3-5-4-2;2*1-3(2)4(5,6)7;1-4(2)3/h2*4H,2-3H2,1H3;5H,3-4H2,1-2H3;2-5H2,1H3;5-6H,1-4H3;1-2H3;1-3H3;4H,3H2,1-2H3;5H,4H2,1-3H3;3-5H2,1-2H3;2*3H,1-2H3;4H,1-3H3/t4-;;5-;;;;;;;;;;/m0.0........../s1/i;;;;;;;;;;3D;;4D. The molecule has 644 valence electrons. The van der Waals surface area contributed by atoms with Crippen LogP contribution in [0.5, 0.6) is 0 Å². The van der Waals surface area contributed by atoms with Crippen LogP contribution in [0.4, 0.5) is 158 Å². The van der Waals surface area contributed by atoms with Gasteiger partial charge in [-0.2, -0.15) is 158 Å². The SMILES string of the molecule is CC(C)(C(F)(F)F)C(F)(F)F.CC(C)(C)C(F)(F)F.CC(C)C(C)C.CC(C)C(F)(F)F.CCC(C)C.CCC(C)C(F)(F)F.CCCC(C(F)(F)F)C(F)(F)F.CCCCC.CCCCCC(F)(F)F.CCC[C@H](C)C(F)(F)F.C[C@@H](CCC(F)(F)F)C(F)(F)F.[2H]C(C)(C)C.[2H]C(C)(C)C(F)(F)F. The molecule has 0 fully saturated rings. The fraction of sp³-hybridized carbons (Fsp3) is 1.00. The number of rotatable bonds is 14. The minimum Gasteiger partial charge on any atom is -0.171 e. The predicted molar refractivity (Wildman–Crippen MR) is 341 cm³/mol. The van der Waals surface area contributed by atoms with Crippen LogP contribution in [0.25, 0.3) is 0 Å². The van der Waals surface area contributed by atoms with E-state index >= 15 is 0 Å². The molecule has 0 N–H and O–H groups in total. The first-order chi connectivity index (χ1) is 45.1. The van der Waals surface area contributed by atoms with Crippen molar-refractivity contribution in [3.05, 3.63) is 0 Å². The predicted octanol–water partition coefficient (Wildman–Crippen LogP) is 34.1. The van der Waals surface area contributed by atoms with Crippen LogP contribution in [-0.2, 0) is 0 Å². The molecule has 36 heteroatoms. The maximum atomic E-state index is 11.7. The number of hydrogen-bond acceptors (Lipinski definition) is 0. The van der Waals surface area contributed by atoms with Crippen molar-refractivity contribution in [2.24, 2.45) is 70.0 Å². The number of alkyl halides is 36. The monoisotopic (exact) mass is 1610 g/mol. The van der Waals surface area contributed by atoms with Gasteiger partial charge in [0.15, 0.2) is 11.3 Å². The van der Waals surface area contributed by atoms with Gasteiger partial charge in [0, 0.05) is 27.4 Å². The van der Waals surface area contributed by atoms with E-state index in [9.17, 15) is 158 Å². The van der Waals surface area contributed by atoms with E-state index in [2.05, 4.69) is 62.3 Å². The van der Waals surface area contributed by atoms with Crippen LogP contribution in [0.15, 0.2) is 0 Å². The molecule has 0 aromatic rings. The van der Waals surface area contributed by atoms with Crippen molar-refractivity contribution in [1.82, 2.24) is 0 Å². The Balaban J connectivity index is -0.0000000801. The molecule has 0 aromatic heterocycles. The van der Waals surface area contributed by atoms with E-state index in [4.69, 9.17) is 2.74 Å². The second-order valence-electron chi connectivity index (χ2n) is 26.9. The molecular formula is C67H124F36. The van der Waals surface area contributed by atoms with E-state index in [1.165, 1.54) is 53.4 Å². The van der Waals surface area contributed by atoms with Crippen molar-refractivity contribution in [2.45, 2.75) is 364 Å². The summed E-state index contributed by atoms with van der Waals surface area (Å²) >= 11 is 0. The third-order valence-electron chi connectivity index (χ3n) is 12.6. The van der Waals surface area contributed by atoms with E-state index in [1.54, 1.807) is 6.92 Å². The minimum absolute atomic E-state index is 0.104. The highest BCUT2D eigenvalue weighted by atomic mass is 19.5. The number of halogens is 36. The second-order valence-corrected chi connectivity index (χ2v) is 26.9. The molecule has 0 nitrogen and oxygen atoms in total. The van der Waals surface area contributed by atoms with Crippen LogP contribution in [0.2, 0.25) is 0 Å². The summed E-state index contributed by atoms with van der Waals surface area (Å²) < 4.78 is 428. The van der Waals surface area contributed by atoms with Crippen LogP contribution >= 0.6 is 0 Å². The van der Waals surface area contributed by atoms with Crippen LogP contribution < -0.4 is 0 Å². The second kappa shape index (κ2) is 60.3. The Morgan fingerprint density at radius 1 is 0.272 bits per heavy atom. The lowest BCUT2D eigenvalue weighted by Gasteiger charge is -2.29. The lowest BCUT2D eigenvalue weighted by Crippen LogP contribution is -2.44. The first kappa shape index (κ1) is 124. The molecular weight excluding hydrogens is 1490 g/mol. The molecule has 0 saturated heterocycles. The van der Waals surface area contributed by atoms with Gasteiger partial charge in [-0.3, -0.25) is 0 Å². The first-order valence-corrected chi connectivity index (χ1v) is 32.9. The van der Waals surface area contributed by atoms with Gasteiger partial charge in [0.25, 0.3) is 0 Å². The Morgan fingerprint density at radius 2 is 0.505 bits per heavy atom. The van der Waals surface area contributed by atoms with Crippen molar-refractivity contribution in [3.8, 4) is 0 Å². The Hall–Kier alpha value is -2.52. The summed E-state index contributed by atoms with van der Waals surface area (Å²) in [6.07, 6.45) is -50.0. The minimum atomic E-state index is -5.24. The fourth-order valence-corrected chi connectivity index (χ4v) is 3.26. The Morgan fingerprint density at radius 3 is 0.583 bits per heavy atom. The van der Waals surface area contributed by atoms with E-state index in [1.807, 2.05) is 27.7 Å². The molecule has 0 amide bonds. The normalized spacial score (nSPS) is 14.0. The van der Waals surface area contributed by atoms with Gasteiger partial charge in [-0.15, -0.1) is 0 Å². The summed E-state index contributed by atoms with van der Waals surface area (Å²) in [6.45, 7) is 42.7. The zero-order chi connectivity index (χ0) is 89.2. The van der Waals surface area contributed by atoms with E-state index in [-0.39, 0.29) is 45.4 Å². The summed E-state index contributed by atoms with van der Waals surface area (Å²) in [5.41, 5.74) is -5.19. The van der Waals surface area contributed by atoms with Gasteiger partial charge in [0.2, 0.25) is 0 Å². The lowest BCUT2D eigenvalue weighted by atomic mass is 9.92. The van der Waals surface area contributed by atoms with Gasteiger partial charge in [0.1, 0.15) is 0 Å². The van der Waals surface area contributed by atoms with Gasteiger partial charge < -0.3 is 0 Å². The highest BCUT2D eigenvalue weighted by Gasteiger charge is 2.64. The van der Waals surface area contributed by atoms with Crippen molar-refractivity contribution >= 4 is 0 Å². The largest absolute Gasteiger partial charge is 0.402 e. The topological polar surface area (TPSA) is 0 Å². The molecule has 3 atom stereocenters. The van der Waals surface area contributed by atoms with Crippen molar-refractivity contribution in [3.63, 3.8) is 0 Å². The van der Waals surface area contributed by atoms with Gasteiger partial charge in [-0.1, -0.05) is 231 Å². The van der Waals surface area contributed by atoms with Crippen LogP contribution in [0.1, 0.15) is 293 Å². The summed E-state index contributed by atoms with van der Waals surface area (Å²) in [5.74, 6) is -8.52. The molecule has 0 aliphatic heterocycles. The van der Waals surface area contributed by atoms with Crippen LogP contribution in [-0.4, -0.2) is 74.1 Å². The third-order valence-corrected chi connectivity index (χ3v) is 12.6. The molecule has 0 aliphatic carbocycles. The summed E-state index contributed by atoms with van der Waals surface area (Å²) in [5, 5.41) is 0. The molecule has 0 heterocycles. The summed E-state index contributed by atoms with van der Waals surface area (Å²) in [7, 11) is 0. The maximum absolute atomic E-state index is 11.7. The molecule has 0 aliphatic rings. The van der Waals surface area contributed by atoms with E-state index in [0.29, 0.717) is 12.8 Å². The maximum Gasteiger partial charge on any atom is 0.402 e. The van der Waals surface area contributed by atoms with Gasteiger partial charge in [-0.05, 0) is 69.6 Å². The van der Waals surface area contributed by atoms with E-state index < -0.39 is 146 Å². The zero-order valence-corrected chi connectivity index (χ0v) is 64.8. The van der Waals surface area contributed by atoms with Gasteiger partial charge in [-0.25, -0.2) is 0 Å².